The minimum atomic E-state index is -6.02. The highest BCUT2D eigenvalue weighted by molar-refractivity contribution is 8.05. The zero-order valence-corrected chi connectivity index (χ0v) is 18.7. The van der Waals surface area contributed by atoms with Crippen molar-refractivity contribution < 1.29 is 34.7 Å². The molecule has 6 nitrogen and oxygen atoms in total. The van der Waals surface area contributed by atoms with Gasteiger partial charge in [-0.3, -0.25) is 0 Å². The summed E-state index contributed by atoms with van der Waals surface area (Å²) in [7, 11) is -10.9. The van der Waals surface area contributed by atoms with E-state index in [1.165, 1.54) is 57.1 Å². The van der Waals surface area contributed by atoms with Crippen LogP contribution in [0.3, 0.4) is 0 Å². The quantitative estimate of drug-likeness (QED) is 0.357. The van der Waals surface area contributed by atoms with Gasteiger partial charge in [0.1, 0.15) is 5.75 Å². The molecule has 1 aromatic rings. The lowest BCUT2D eigenvalue weighted by atomic mass is 10.1. The smallest absolute Gasteiger partial charge is 0.494 e. The van der Waals surface area contributed by atoms with E-state index in [1.54, 1.807) is 0 Å². The molecule has 11 heteroatoms. The van der Waals surface area contributed by atoms with Crippen LogP contribution in [0.1, 0.15) is 71.1 Å². The zero-order valence-electron chi connectivity index (χ0n) is 17.1. The third kappa shape index (κ3) is 9.65. The Morgan fingerprint density at radius 3 is 1.73 bits per heavy atom. The molecule has 0 spiro atoms. The molecule has 1 aromatic carbocycles. The van der Waals surface area contributed by atoms with Gasteiger partial charge in [-0.15, -0.1) is 0 Å². The van der Waals surface area contributed by atoms with Crippen LogP contribution in [-0.4, -0.2) is 29.0 Å². The van der Waals surface area contributed by atoms with E-state index in [4.69, 9.17) is 4.74 Å². The molecule has 0 bridgehead atoms. The standard InChI is InChI=1S/C19H30F3NO5S2/c1-2-3-4-5-6-7-8-9-10-11-16-28-17-12-14-18(15-13-17)29(24,25)23-30(26,27)19(20,21)22/h12-15,23H,2-11,16H2,1H3. The second-order valence-electron chi connectivity index (χ2n) is 7.04. The summed E-state index contributed by atoms with van der Waals surface area (Å²) in [6.07, 6.45) is 11.8. The number of benzene rings is 1. The summed E-state index contributed by atoms with van der Waals surface area (Å²) in [5.41, 5.74) is -5.72. The Kier molecular flexibility index (Phi) is 11.1. The molecular formula is C19H30F3NO5S2. The highest BCUT2D eigenvalue weighted by atomic mass is 32.3. The molecule has 0 aliphatic rings. The molecule has 0 aliphatic carbocycles. The molecule has 1 N–H and O–H groups in total. The van der Waals surface area contributed by atoms with E-state index in [2.05, 4.69) is 6.92 Å². The second kappa shape index (κ2) is 12.5. The van der Waals surface area contributed by atoms with Gasteiger partial charge >= 0.3 is 15.5 Å². The van der Waals surface area contributed by atoms with Gasteiger partial charge in [0.05, 0.1) is 11.5 Å². The zero-order chi connectivity index (χ0) is 22.7. The molecule has 0 fully saturated rings. The molecule has 0 saturated carbocycles. The Hall–Kier alpha value is -1.33. The topological polar surface area (TPSA) is 89.5 Å². The van der Waals surface area contributed by atoms with Crippen LogP contribution in [0.15, 0.2) is 29.2 Å². The molecule has 0 radical (unpaired) electrons. The van der Waals surface area contributed by atoms with Crippen molar-refractivity contribution in [3.8, 4) is 5.75 Å². The maximum Gasteiger partial charge on any atom is 0.512 e. The Labute approximate surface area is 177 Å². The number of sulfonamides is 2. The predicted molar refractivity (Wildman–Crippen MR) is 109 cm³/mol. The van der Waals surface area contributed by atoms with Crippen molar-refractivity contribution in [3.05, 3.63) is 24.3 Å². The van der Waals surface area contributed by atoms with Gasteiger partial charge in [0.25, 0.3) is 10.0 Å². The maximum absolute atomic E-state index is 12.3. The number of rotatable bonds is 15. The Balaban J connectivity index is 2.33. The maximum atomic E-state index is 12.3. The fraction of sp³-hybridized carbons (Fsp3) is 0.684. The number of hydrogen-bond donors (Lipinski definition) is 1. The average Bonchev–Trinajstić information content (AvgIpc) is 2.65. The van der Waals surface area contributed by atoms with Crippen molar-refractivity contribution in [1.82, 2.24) is 4.13 Å². The van der Waals surface area contributed by atoms with Crippen LogP contribution in [0.2, 0.25) is 0 Å². The molecule has 0 heterocycles. The van der Waals surface area contributed by atoms with Crippen LogP contribution in [0.25, 0.3) is 0 Å². The van der Waals surface area contributed by atoms with Gasteiger partial charge in [0, 0.05) is 0 Å². The van der Waals surface area contributed by atoms with E-state index in [0.717, 1.165) is 31.4 Å². The molecule has 174 valence electrons. The summed E-state index contributed by atoms with van der Waals surface area (Å²) in [6.45, 7) is 2.63. The average molecular weight is 474 g/mol. The molecule has 0 atom stereocenters. The molecule has 0 aliphatic heterocycles. The minimum absolute atomic E-state index is 0.351. The first-order valence-electron chi connectivity index (χ1n) is 10.1. The summed E-state index contributed by atoms with van der Waals surface area (Å²) in [4.78, 5) is -0.610. The van der Waals surface area contributed by atoms with Gasteiger partial charge in [-0.1, -0.05) is 68.8 Å². The van der Waals surface area contributed by atoms with Gasteiger partial charge in [-0.2, -0.15) is 13.2 Å². The Morgan fingerprint density at radius 2 is 1.27 bits per heavy atom. The van der Waals surface area contributed by atoms with E-state index in [9.17, 15) is 30.0 Å². The number of unbranched alkanes of at least 4 members (excludes halogenated alkanes) is 9. The van der Waals surface area contributed by atoms with Crippen LogP contribution < -0.4 is 8.86 Å². The Morgan fingerprint density at radius 1 is 0.800 bits per heavy atom. The first-order valence-corrected chi connectivity index (χ1v) is 13.0. The third-order valence-electron chi connectivity index (χ3n) is 4.42. The van der Waals surface area contributed by atoms with E-state index < -0.39 is 30.5 Å². The van der Waals surface area contributed by atoms with Crippen molar-refractivity contribution in [2.75, 3.05) is 6.61 Å². The van der Waals surface area contributed by atoms with Crippen molar-refractivity contribution in [1.29, 1.82) is 0 Å². The lowest BCUT2D eigenvalue weighted by Crippen LogP contribution is -2.40. The van der Waals surface area contributed by atoms with Gasteiger partial charge in [0.2, 0.25) is 0 Å². The van der Waals surface area contributed by atoms with Crippen LogP contribution in [0.5, 0.6) is 5.75 Å². The molecule has 0 aromatic heterocycles. The SMILES string of the molecule is CCCCCCCCCCCCOc1ccc(S(=O)(=O)NS(=O)(=O)C(F)(F)F)cc1. The fourth-order valence-corrected chi connectivity index (χ4v) is 5.15. The van der Waals surface area contributed by atoms with Gasteiger partial charge in [0.15, 0.2) is 0 Å². The van der Waals surface area contributed by atoms with E-state index in [0.29, 0.717) is 16.5 Å². The normalized spacial score (nSPS) is 12.8. The summed E-state index contributed by atoms with van der Waals surface area (Å²) in [5.74, 6) is 0.351. The monoisotopic (exact) mass is 473 g/mol. The fourth-order valence-electron chi connectivity index (χ4n) is 2.73. The molecule has 0 saturated heterocycles. The third-order valence-corrected chi connectivity index (χ3v) is 7.68. The summed E-state index contributed by atoms with van der Waals surface area (Å²) in [5, 5.41) is 0. The van der Waals surface area contributed by atoms with E-state index in [-0.39, 0.29) is 0 Å². The van der Waals surface area contributed by atoms with Gasteiger partial charge < -0.3 is 4.74 Å². The number of halogens is 3. The van der Waals surface area contributed by atoms with Crippen LogP contribution in [0.4, 0.5) is 13.2 Å². The lowest BCUT2D eigenvalue weighted by molar-refractivity contribution is -0.0441. The minimum Gasteiger partial charge on any atom is -0.494 e. The van der Waals surface area contributed by atoms with Crippen molar-refractivity contribution >= 4 is 20.0 Å². The summed E-state index contributed by atoms with van der Waals surface area (Å²) >= 11 is 0. The first-order chi connectivity index (χ1) is 14.0. The van der Waals surface area contributed by atoms with Crippen molar-refractivity contribution in [3.63, 3.8) is 0 Å². The summed E-state index contributed by atoms with van der Waals surface area (Å²) in [6, 6.07) is 4.51. The summed E-state index contributed by atoms with van der Waals surface area (Å²) < 4.78 is 88.9. The number of nitrogens with one attached hydrogen (secondary N) is 1. The number of ether oxygens (including phenoxy) is 1. The van der Waals surface area contributed by atoms with E-state index in [1.807, 2.05) is 0 Å². The lowest BCUT2D eigenvalue weighted by Gasteiger charge is -2.11. The van der Waals surface area contributed by atoms with Crippen molar-refractivity contribution in [2.24, 2.45) is 0 Å². The second-order valence-corrected chi connectivity index (χ2v) is 10.7. The first kappa shape index (κ1) is 26.7. The molecule has 0 amide bonds. The molecular weight excluding hydrogens is 443 g/mol. The van der Waals surface area contributed by atoms with E-state index >= 15 is 0 Å². The number of alkyl halides is 3. The van der Waals surface area contributed by atoms with Crippen LogP contribution >= 0.6 is 0 Å². The highest BCUT2D eigenvalue weighted by Crippen LogP contribution is 2.24. The molecule has 30 heavy (non-hydrogen) atoms. The number of hydrogen-bond acceptors (Lipinski definition) is 5. The predicted octanol–water partition coefficient (Wildman–Crippen LogP) is 5.11. The van der Waals surface area contributed by atoms with Crippen molar-refractivity contribution in [2.45, 2.75) is 81.5 Å². The highest BCUT2D eigenvalue weighted by Gasteiger charge is 2.48. The largest absolute Gasteiger partial charge is 0.512 e. The molecule has 0 unspecified atom stereocenters. The van der Waals surface area contributed by atoms with Gasteiger partial charge in [-0.05, 0) is 30.7 Å². The van der Waals surface area contributed by atoms with Crippen LogP contribution in [0, 0.1) is 0 Å². The molecule has 1 rings (SSSR count). The van der Waals surface area contributed by atoms with Crippen LogP contribution in [-0.2, 0) is 20.0 Å². The Bertz CT molecular complexity index is 823. The van der Waals surface area contributed by atoms with Gasteiger partial charge in [-0.25, -0.2) is 16.8 Å².